The van der Waals surface area contributed by atoms with E-state index < -0.39 is 5.92 Å². The van der Waals surface area contributed by atoms with Crippen molar-refractivity contribution in [1.82, 2.24) is 9.97 Å². The summed E-state index contributed by atoms with van der Waals surface area (Å²) in [5.74, 6) is -0.698. The van der Waals surface area contributed by atoms with Gasteiger partial charge in [0.05, 0.1) is 33.2 Å². The third-order valence-corrected chi connectivity index (χ3v) is 4.77. The molecule has 0 saturated heterocycles. The molecule has 26 heavy (non-hydrogen) atoms. The van der Waals surface area contributed by atoms with E-state index in [0.717, 1.165) is 5.56 Å². The maximum absolute atomic E-state index is 12.8. The molecule has 6 nitrogen and oxygen atoms in total. The van der Waals surface area contributed by atoms with Gasteiger partial charge >= 0.3 is 0 Å². The van der Waals surface area contributed by atoms with Gasteiger partial charge in [-0.1, -0.05) is 29.3 Å². The number of nitrogens with two attached hydrogens (primary N) is 1. The summed E-state index contributed by atoms with van der Waals surface area (Å²) >= 11 is 12.0. The van der Waals surface area contributed by atoms with Crippen molar-refractivity contribution >= 4 is 45.7 Å². The second-order valence-electron chi connectivity index (χ2n) is 5.76. The van der Waals surface area contributed by atoms with E-state index in [1.54, 1.807) is 36.4 Å². The third kappa shape index (κ3) is 3.88. The predicted octanol–water partition coefficient (Wildman–Crippen LogP) is 3.30. The molecule has 0 saturated carbocycles. The van der Waals surface area contributed by atoms with Crippen LogP contribution in [0.3, 0.4) is 0 Å². The number of anilines is 1. The Hall–Kier alpha value is -2.41. The van der Waals surface area contributed by atoms with Crippen LogP contribution in [-0.4, -0.2) is 22.4 Å². The van der Waals surface area contributed by atoms with E-state index in [-0.39, 0.29) is 11.5 Å². The zero-order valence-corrected chi connectivity index (χ0v) is 15.1. The molecule has 1 atom stereocenters. The van der Waals surface area contributed by atoms with Crippen LogP contribution < -0.4 is 16.6 Å². The van der Waals surface area contributed by atoms with Crippen molar-refractivity contribution in [2.75, 3.05) is 11.9 Å². The molecule has 0 unspecified atom stereocenters. The number of carbonyl (C=O) groups is 1. The highest BCUT2D eigenvalue weighted by molar-refractivity contribution is 6.42. The molecule has 0 bridgehead atoms. The lowest BCUT2D eigenvalue weighted by molar-refractivity contribution is -0.117. The molecule has 8 heteroatoms. The van der Waals surface area contributed by atoms with Crippen molar-refractivity contribution in [3.05, 3.63) is 68.7 Å². The molecule has 0 aliphatic carbocycles. The van der Waals surface area contributed by atoms with E-state index >= 15 is 0 Å². The number of aromatic amines is 1. The summed E-state index contributed by atoms with van der Waals surface area (Å²) < 4.78 is 0. The van der Waals surface area contributed by atoms with E-state index in [0.29, 0.717) is 39.6 Å². The Labute approximate surface area is 159 Å². The van der Waals surface area contributed by atoms with Crippen molar-refractivity contribution in [2.24, 2.45) is 5.73 Å². The van der Waals surface area contributed by atoms with Crippen molar-refractivity contribution < 1.29 is 4.79 Å². The van der Waals surface area contributed by atoms with Crippen LogP contribution in [0.15, 0.2) is 47.5 Å². The van der Waals surface area contributed by atoms with E-state index in [9.17, 15) is 9.59 Å². The Kier molecular flexibility index (Phi) is 5.56. The molecule has 134 valence electrons. The highest BCUT2D eigenvalue weighted by Crippen LogP contribution is 2.29. The topological polar surface area (TPSA) is 101 Å². The molecule has 0 aliphatic heterocycles. The molecule has 0 fully saturated rings. The maximum Gasteiger partial charge on any atom is 0.258 e. The fraction of sp³-hybridized carbons (Fsp3) is 0.167. The average molecular weight is 391 g/mol. The largest absolute Gasteiger partial charge is 0.330 e. The van der Waals surface area contributed by atoms with E-state index in [1.807, 2.05) is 0 Å². The number of H-pyrrole nitrogens is 1. The summed E-state index contributed by atoms with van der Waals surface area (Å²) in [5, 5.41) is 4.11. The number of hydrogen-bond donors (Lipinski definition) is 3. The third-order valence-electron chi connectivity index (χ3n) is 4.03. The molecule has 0 radical (unpaired) electrons. The molecule has 1 amide bonds. The normalized spacial score (nSPS) is 12.1. The van der Waals surface area contributed by atoms with Crippen LogP contribution >= 0.6 is 23.2 Å². The minimum Gasteiger partial charge on any atom is -0.330 e. The number of carbonyl (C=O) groups excluding carboxylic acids is 1. The molecule has 0 spiro atoms. The van der Waals surface area contributed by atoms with Crippen molar-refractivity contribution in [1.29, 1.82) is 0 Å². The Morgan fingerprint density at radius 2 is 2.00 bits per heavy atom. The molecule has 1 aromatic heterocycles. The van der Waals surface area contributed by atoms with Crippen molar-refractivity contribution in [3.63, 3.8) is 0 Å². The number of fused-ring (bicyclic) bond motifs is 1. The number of hydrogen-bond acceptors (Lipinski definition) is 4. The Morgan fingerprint density at radius 1 is 1.19 bits per heavy atom. The zero-order valence-electron chi connectivity index (χ0n) is 13.6. The van der Waals surface area contributed by atoms with Gasteiger partial charge < -0.3 is 16.0 Å². The van der Waals surface area contributed by atoms with Crippen molar-refractivity contribution in [3.8, 4) is 0 Å². The smallest absolute Gasteiger partial charge is 0.258 e. The highest BCUT2D eigenvalue weighted by Gasteiger charge is 2.21. The van der Waals surface area contributed by atoms with Gasteiger partial charge in [-0.2, -0.15) is 0 Å². The summed E-state index contributed by atoms with van der Waals surface area (Å²) in [5.41, 5.74) is 7.21. The van der Waals surface area contributed by atoms with E-state index in [4.69, 9.17) is 28.9 Å². The number of rotatable bonds is 5. The number of halogens is 2. The number of nitrogens with zero attached hydrogens (tertiary/aromatic N) is 1. The molecular weight excluding hydrogens is 375 g/mol. The molecule has 3 aromatic rings. The second-order valence-corrected chi connectivity index (χ2v) is 6.57. The molecular formula is C18H16Cl2N4O2. The Morgan fingerprint density at radius 3 is 2.73 bits per heavy atom. The summed E-state index contributed by atoms with van der Waals surface area (Å²) in [4.78, 5) is 31.1. The van der Waals surface area contributed by atoms with Crippen LogP contribution in [0.1, 0.15) is 17.9 Å². The minimum atomic E-state index is -0.474. The zero-order chi connectivity index (χ0) is 18.7. The van der Waals surface area contributed by atoms with Crippen LogP contribution in [0.5, 0.6) is 0 Å². The van der Waals surface area contributed by atoms with Crippen LogP contribution in [0.4, 0.5) is 5.69 Å². The first-order valence-electron chi connectivity index (χ1n) is 7.93. The van der Waals surface area contributed by atoms with Gasteiger partial charge in [-0.25, -0.2) is 4.98 Å². The van der Waals surface area contributed by atoms with E-state index in [2.05, 4.69) is 15.3 Å². The van der Waals surface area contributed by atoms with Gasteiger partial charge in [0.15, 0.2) is 0 Å². The monoisotopic (exact) mass is 390 g/mol. The predicted molar refractivity (Wildman–Crippen MR) is 104 cm³/mol. The Balaban J connectivity index is 1.88. The lowest BCUT2D eigenvalue weighted by Gasteiger charge is -2.17. The first-order valence-corrected chi connectivity index (χ1v) is 8.68. The number of benzene rings is 2. The van der Waals surface area contributed by atoms with Gasteiger partial charge in [-0.15, -0.1) is 0 Å². The SMILES string of the molecule is NCC[C@@H](C(=O)Nc1ccc2c(=O)[nH]cnc2c1)c1ccc(Cl)c(Cl)c1. The van der Waals surface area contributed by atoms with Gasteiger partial charge in [-0.05, 0) is 48.9 Å². The molecule has 2 aromatic carbocycles. The standard InChI is InChI=1S/C18H16Cl2N4O2/c19-14-4-1-10(7-15(14)20)12(5-6-21)18(26)24-11-2-3-13-16(8-11)22-9-23-17(13)25/h1-4,7-9,12H,5-6,21H2,(H,24,26)(H,22,23,25)/t12-/m1/s1. The van der Waals surface area contributed by atoms with E-state index in [1.165, 1.54) is 6.33 Å². The molecule has 0 aliphatic rings. The molecule has 1 heterocycles. The quantitative estimate of drug-likeness (QED) is 0.621. The fourth-order valence-electron chi connectivity index (χ4n) is 2.72. The van der Waals surface area contributed by atoms with Crippen LogP contribution in [-0.2, 0) is 4.79 Å². The lowest BCUT2D eigenvalue weighted by Crippen LogP contribution is -2.23. The maximum atomic E-state index is 12.8. The lowest BCUT2D eigenvalue weighted by atomic mass is 9.94. The number of amides is 1. The summed E-state index contributed by atoms with van der Waals surface area (Å²) in [6.45, 7) is 0.340. The summed E-state index contributed by atoms with van der Waals surface area (Å²) in [7, 11) is 0. The first kappa shape index (κ1) is 18.4. The van der Waals surface area contributed by atoms with Gasteiger partial charge in [-0.3, -0.25) is 9.59 Å². The molecule has 3 rings (SSSR count). The number of aromatic nitrogens is 2. The van der Waals surface area contributed by atoms with Gasteiger partial charge in [0.25, 0.3) is 5.56 Å². The van der Waals surface area contributed by atoms with Crippen LogP contribution in [0.2, 0.25) is 10.0 Å². The summed E-state index contributed by atoms with van der Waals surface area (Å²) in [6.07, 6.45) is 1.78. The minimum absolute atomic E-state index is 0.224. The van der Waals surface area contributed by atoms with Gasteiger partial charge in [0.1, 0.15) is 0 Å². The van der Waals surface area contributed by atoms with Crippen LogP contribution in [0.25, 0.3) is 10.9 Å². The first-order chi connectivity index (χ1) is 12.5. The van der Waals surface area contributed by atoms with Gasteiger partial charge in [0, 0.05) is 5.69 Å². The summed E-state index contributed by atoms with van der Waals surface area (Å²) in [6, 6.07) is 10.0. The van der Waals surface area contributed by atoms with Crippen molar-refractivity contribution in [2.45, 2.75) is 12.3 Å². The van der Waals surface area contributed by atoms with Gasteiger partial charge in [0.2, 0.25) is 5.91 Å². The molecule has 4 N–H and O–H groups in total. The highest BCUT2D eigenvalue weighted by atomic mass is 35.5. The Bertz CT molecular complexity index is 1020. The fourth-order valence-corrected chi connectivity index (χ4v) is 3.03. The average Bonchev–Trinajstić information content (AvgIpc) is 2.62. The number of nitrogens with one attached hydrogen (secondary N) is 2. The second kappa shape index (κ2) is 7.86. The van der Waals surface area contributed by atoms with Crippen LogP contribution in [0, 0.1) is 0 Å².